The summed E-state index contributed by atoms with van der Waals surface area (Å²) in [7, 11) is 2.96. The summed E-state index contributed by atoms with van der Waals surface area (Å²) in [6.45, 7) is 3.47. The Balaban J connectivity index is 2.04. The van der Waals surface area contributed by atoms with Crippen LogP contribution in [0.25, 0.3) is 0 Å². The lowest BCUT2D eigenvalue weighted by Gasteiger charge is -2.15. The fourth-order valence-electron chi connectivity index (χ4n) is 2.13. The Hall–Kier alpha value is -3.02. The number of hydrogen-bond donors (Lipinski definition) is 1. The fourth-order valence-corrected chi connectivity index (χ4v) is 2.13. The van der Waals surface area contributed by atoms with E-state index in [1.165, 1.54) is 27.2 Å². The highest BCUT2D eigenvalue weighted by Crippen LogP contribution is 2.25. The van der Waals surface area contributed by atoms with Gasteiger partial charge in [0.25, 0.3) is 5.91 Å². The van der Waals surface area contributed by atoms with Crippen LogP contribution in [0.5, 0.6) is 11.5 Å². The first kappa shape index (κ1) is 18.3. The molecular weight excluding hydrogens is 322 g/mol. The monoisotopic (exact) mass is 343 g/mol. The number of carbonyl (C=O) groups is 2. The average molecular weight is 343 g/mol. The number of carbonyl (C=O) groups excluding carboxylic acids is 2. The summed E-state index contributed by atoms with van der Waals surface area (Å²) >= 11 is 0. The number of anilines is 1. The van der Waals surface area contributed by atoms with E-state index in [1.807, 2.05) is 19.1 Å². The van der Waals surface area contributed by atoms with Gasteiger partial charge in [0.15, 0.2) is 6.10 Å². The van der Waals surface area contributed by atoms with Crippen LogP contribution in [-0.4, -0.2) is 32.2 Å². The van der Waals surface area contributed by atoms with Gasteiger partial charge >= 0.3 is 5.97 Å². The molecule has 132 valence electrons. The maximum atomic E-state index is 12.3. The van der Waals surface area contributed by atoms with Gasteiger partial charge in [-0.15, -0.1) is 0 Å². The van der Waals surface area contributed by atoms with E-state index in [4.69, 9.17) is 14.2 Å². The van der Waals surface area contributed by atoms with Crippen molar-refractivity contribution in [1.82, 2.24) is 0 Å². The molecule has 6 heteroatoms. The Kier molecular flexibility index (Phi) is 6.00. The van der Waals surface area contributed by atoms with Crippen molar-refractivity contribution in [3.8, 4) is 11.5 Å². The van der Waals surface area contributed by atoms with Crippen LogP contribution in [0.15, 0.2) is 42.5 Å². The second-order valence-corrected chi connectivity index (χ2v) is 5.47. The van der Waals surface area contributed by atoms with Gasteiger partial charge in [0, 0.05) is 11.8 Å². The lowest BCUT2D eigenvalue weighted by Crippen LogP contribution is -2.30. The molecular formula is C19H21NO5. The maximum absolute atomic E-state index is 12.3. The fraction of sp³-hybridized carbons (Fsp3) is 0.263. The van der Waals surface area contributed by atoms with Crippen LogP contribution >= 0.6 is 0 Å². The van der Waals surface area contributed by atoms with Crippen molar-refractivity contribution in [2.24, 2.45) is 0 Å². The molecule has 1 amide bonds. The summed E-state index contributed by atoms with van der Waals surface area (Å²) in [5, 5.41) is 2.71. The zero-order valence-electron chi connectivity index (χ0n) is 14.7. The van der Waals surface area contributed by atoms with Gasteiger partial charge in [-0.25, -0.2) is 4.79 Å². The number of nitrogens with one attached hydrogen (secondary N) is 1. The van der Waals surface area contributed by atoms with Gasteiger partial charge in [0.05, 0.1) is 14.2 Å². The van der Waals surface area contributed by atoms with Crippen molar-refractivity contribution in [3.63, 3.8) is 0 Å². The molecule has 1 N–H and O–H groups in total. The molecule has 2 aromatic rings. The second kappa shape index (κ2) is 8.19. The highest BCUT2D eigenvalue weighted by molar-refractivity contribution is 5.98. The SMILES string of the molecule is COc1ccc(C(=O)OC(C)C(=O)Nc2ccc(C)cc2)c(OC)c1. The zero-order valence-corrected chi connectivity index (χ0v) is 14.7. The molecule has 0 aliphatic heterocycles. The minimum absolute atomic E-state index is 0.221. The van der Waals surface area contributed by atoms with Gasteiger partial charge in [-0.3, -0.25) is 4.79 Å². The molecule has 0 radical (unpaired) electrons. The van der Waals surface area contributed by atoms with E-state index in [9.17, 15) is 9.59 Å². The first-order valence-corrected chi connectivity index (χ1v) is 7.75. The van der Waals surface area contributed by atoms with Gasteiger partial charge in [-0.1, -0.05) is 17.7 Å². The largest absolute Gasteiger partial charge is 0.497 e. The van der Waals surface area contributed by atoms with Crippen molar-refractivity contribution in [2.45, 2.75) is 20.0 Å². The van der Waals surface area contributed by atoms with Crippen LogP contribution in [0.1, 0.15) is 22.8 Å². The highest BCUT2D eigenvalue weighted by atomic mass is 16.5. The summed E-state index contributed by atoms with van der Waals surface area (Å²) in [5.41, 5.74) is 1.95. The molecule has 1 atom stereocenters. The Labute approximate surface area is 146 Å². The van der Waals surface area contributed by atoms with E-state index in [-0.39, 0.29) is 5.56 Å². The van der Waals surface area contributed by atoms with Crippen molar-refractivity contribution in [1.29, 1.82) is 0 Å². The van der Waals surface area contributed by atoms with Crippen LogP contribution in [0.4, 0.5) is 5.69 Å². The molecule has 0 bridgehead atoms. The molecule has 0 aliphatic carbocycles. The van der Waals surface area contributed by atoms with Crippen LogP contribution in [0.2, 0.25) is 0 Å². The van der Waals surface area contributed by atoms with Gasteiger partial charge in [0.2, 0.25) is 0 Å². The van der Waals surface area contributed by atoms with E-state index >= 15 is 0 Å². The van der Waals surface area contributed by atoms with Crippen LogP contribution in [-0.2, 0) is 9.53 Å². The van der Waals surface area contributed by atoms with Crippen molar-refractivity contribution in [3.05, 3.63) is 53.6 Å². The topological polar surface area (TPSA) is 73.9 Å². The van der Waals surface area contributed by atoms with E-state index in [1.54, 1.807) is 24.3 Å². The van der Waals surface area contributed by atoms with Crippen molar-refractivity contribution in [2.75, 3.05) is 19.5 Å². The molecule has 0 fully saturated rings. The standard InChI is InChI=1S/C19H21NO5/c1-12-5-7-14(8-6-12)20-18(21)13(2)25-19(22)16-10-9-15(23-3)11-17(16)24-4/h5-11,13H,1-4H3,(H,20,21). The molecule has 2 rings (SSSR count). The normalized spacial score (nSPS) is 11.4. The summed E-state index contributed by atoms with van der Waals surface area (Å²) in [6.07, 6.45) is -0.958. The predicted molar refractivity (Wildman–Crippen MR) is 94.2 cm³/mol. The molecule has 0 saturated carbocycles. The molecule has 25 heavy (non-hydrogen) atoms. The van der Waals surface area contributed by atoms with E-state index in [0.29, 0.717) is 17.2 Å². The third kappa shape index (κ3) is 4.73. The third-order valence-corrected chi connectivity index (χ3v) is 3.60. The number of benzene rings is 2. The molecule has 0 spiro atoms. The molecule has 0 aliphatic rings. The molecule has 0 saturated heterocycles. The summed E-state index contributed by atoms with van der Waals surface area (Å²) < 4.78 is 15.5. The van der Waals surface area contributed by atoms with Crippen LogP contribution in [0.3, 0.4) is 0 Å². The van der Waals surface area contributed by atoms with Gasteiger partial charge < -0.3 is 19.5 Å². The summed E-state index contributed by atoms with van der Waals surface area (Å²) in [6, 6.07) is 12.1. The third-order valence-electron chi connectivity index (χ3n) is 3.60. The Bertz CT molecular complexity index is 755. The smallest absolute Gasteiger partial charge is 0.342 e. The zero-order chi connectivity index (χ0) is 18.4. The summed E-state index contributed by atoms with van der Waals surface area (Å²) in [4.78, 5) is 24.5. The number of esters is 1. The Morgan fingerprint density at radius 2 is 1.68 bits per heavy atom. The lowest BCUT2D eigenvalue weighted by atomic mass is 10.2. The molecule has 1 unspecified atom stereocenters. The first-order chi connectivity index (χ1) is 11.9. The minimum Gasteiger partial charge on any atom is -0.497 e. The van der Waals surface area contributed by atoms with Gasteiger partial charge in [-0.2, -0.15) is 0 Å². The number of methoxy groups -OCH3 is 2. The number of rotatable bonds is 6. The quantitative estimate of drug-likeness (QED) is 0.816. The van der Waals surface area contributed by atoms with Gasteiger partial charge in [-0.05, 0) is 38.1 Å². The van der Waals surface area contributed by atoms with Crippen molar-refractivity contribution < 1.29 is 23.8 Å². The van der Waals surface area contributed by atoms with E-state index in [0.717, 1.165) is 5.56 Å². The highest BCUT2D eigenvalue weighted by Gasteiger charge is 2.21. The van der Waals surface area contributed by atoms with Crippen LogP contribution in [0, 0.1) is 6.92 Å². The van der Waals surface area contributed by atoms with E-state index < -0.39 is 18.0 Å². The number of hydrogen-bond acceptors (Lipinski definition) is 5. The van der Waals surface area contributed by atoms with Gasteiger partial charge in [0.1, 0.15) is 17.1 Å². The predicted octanol–water partition coefficient (Wildman–Crippen LogP) is 3.20. The molecule has 2 aromatic carbocycles. The number of ether oxygens (including phenoxy) is 3. The second-order valence-electron chi connectivity index (χ2n) is 5.47. The Morgan fingerprint density at radius 3 is 2.28 bits per heavy atom. The van der Waals surface area contributed by atoms with Crippen molar-refractivity contribution >= 4 is 17.6 Å². The van der Waals surface area contributed by atoms with E-state index in [2.05, 4.69) is 5.32 Å². The molecule has 6 nitrogen and oxygen atoms in total. The lowest BCUT2D eigenvalue weighted by molar-refractivity contribution is -0.123. The number of aryl methyl sites for hydroxylation is 1. The molecule has 0 aromatic heterocycles. The Morgan fingerprint density at radius 1 is 1.00 bits per heavy atom. The van der Waals surface area contributed by atoms with Crippen LogP contribution < -0.4 is 14.8 Å². The maximum Gasteiger partial charge on any atom is 0.342 e. The molecule has 0 heterocycles. The average Bonchev–Trinajstić information content (AvgIpc) is 2.62. The number of amides is 1. The minimum atomic E-state index is -0.958. The summed E-state index contributed by atoms with van der Waals surface area (Å²) in [5.74, 6) is -0.190. The first-order valence-electron chi connectivity index (χ1n) is 7.75.